The molecule has 0 heterocycles. The molecule has 2 radical (unpaired) electrons. The molecule has 6 rings (SSSR count). The van der Waals surface area contributed by atoms with Gasteiger partial charge in [0, 0.05) is 0 Å². The van der Waals surface area contributed by atoms with Crippen LogP contribution in [0.3, 0.4) is 0 Å². The molecule has 6 aromatic carbocycles. The van der Waals surface area contributed by atoms with Crippen LogP contribution in [0.4, 0.5) is 0 Å². The number of rotatable bonds is 10. The second-order valence-corrected chi connectivity index (χ2v) is 31.2. The van der Waals surface area contributed by atoms with Crippen molar-refractivity contribution in [2.75, 3.05) is 0 Å². The number of nitrogens with zero attached hydrogens (tertiary/aromatic N) is 1. The second kappa shape index (κ2) is 22.2. The van der Waals surface area contributed by atoms with Gasteiger partial charge >= 0.3 is 37.9 Å². The van der Waals surface area contributed by atoms with Crippen LogP contribution in [-0.2, 0) is 46.5 Å². The van der Waals surface area contributed by atoms with Crippen molar-refractivity contribution < 1.29 is 20.8 Å². The molecule has 290 valence electrons. The molecule has 0 fully saturated rings. The molecular formula is C48H64BCl2NSi2Zr. The van der Waals surface area contributed by atoms with Gasteiger partial charge in [-0.15, -0.1) is 69.1 Å². The molecule has 0 atom stereocenters. The maximum atomic E-state index is 5.98. The molecule has 0 spiro atoms. The molecule has 1 nitrogen and oxygen atoms in total. The average Bonchev–Trinajstić information content (AvgIpc) is 3.73. The third kappa shape index (κ3) is 14.1. The predicted molar refractivity (Wildman–Crippen MR) is 252 cm³/mol. The Morgan fingerprint density at radius 2 is 0.891 bits per heavy atom. The summed E-state index contributed by atoms with van der Waals surface area (Å²) < 4.78 is 2.15. The van der Waals surface area contributed by atoms with Crippen molar-refractivity contribution in [3.63, 3.8) is 0 Å². The van der Waals surface area contributed by atoms with E-state index in [4.69, 9.17) is 25.0 Å². The minimum atomic E-state index is -1.22. The zero-order chi connectivity index (χ0) is 40.9. The van der Waals surface area contributed by atoms with E-state index in [-0.39, 0.29) is 0 Å². The molecule has 0 unspecified atom stereocenters. The van der Waals surface area contributed by atoms with Gasteiger partial charge in [-0.05, 0) is 59.8 Å². The fourth-order valence-electron chi connectivity index (χ4n) is 7.43. The summed E-state index contributed by atoms with van der Waals surface area (Å²) in [7, 11) is 13.4. The molecular weight excluding hydrogens is 820 g/mol. The molecule has 0 amide bonds. The van der Waals surface area contributed by atoms with Gasteiger partial charge in [0.2, 0.25) is 0 Å². The normalized spacial score (nSPS) is 11.5. The van der Waals surface area contributed by atoms with Crippen LogP contribution in [-0.4, -0.2) is 28.6 Å². The van der Waals surface area contributed by atoms with Crippen molar-refractivity contribution in [2.45, 2.75) is 107 Å². The zero-order valence-electron chi connectivity index (χ0n) is 35.7. The number of hydrogen-bond donors (Lipinski definition) is 0. The van der Waals surface area contributed by atoms with Gasteiger partial charge < -0.3 is 4.14 Å². The Bertz CT molecular complexity index is 1910. The monoisotopic (exact) mass is 881 g/mol. The van der Waals surface area contributed by atoms with Crippen molar-refractivity contribution in [3.8, 4) is 22.3 Å². The Morgan fingerprint density at radius 1 is 0.564 bits per heavy atom. The van der Waals surface area contributed by atoms with Gasteiger partial charge in [0.1, 0.15) is 16.5 Å². The molecule has 7 heteroatoms. The van der Waals surface area contributed by atoms with Gasteiger partial charge in [-0.3, -0.25) is 0 Å². The van der Waals surface area contributed by atoms with Crippen LogP contribution >= 0.6 is 17.0 Å². The first kappa shape index (κ1) is 47.4. The number of fused-ring (bicyclic) bond motifs is 2. The number of aryl methyl sites for hydroxylation is 2. The summed E-state index contributed by atoms with van der Waals surface area (Å²) in [5.74, 6) is 1.40. The van der Waals surface area contributed by atoms with Crippen LogP contribution < -0.4 is 0 Å². The van der Waals surface area contributed by atoms with Crippen LogP contribution in [0, 0.1) is 11.8 Å². The third-order valence-electron chi connectivity index (χ3n) is 9.73. The van der Waals surface area contributed by atoms with Crippen molar-refractivity contribution >= 4 is 63.0 Å². The molecule has 6 aromatic rings. The Morgan fingerprint density at radius 3 is 1.18 bits per heavy atom. The third-order valence-corrected chi connectivity index (χ3v) is 16.6. The number of benzene rings is 4. The first-order valence-electron chi connectivity index (χ1n) is 20.0. The first-order valence-corrected chi connectivity index (χ1v) is 33.2. The van der Waals surface area contributed by atoms with Crippen LogP contribution in [0.15, 0.2) is 109 Å². The fraction of sp³-hybridized carbons (Fsp3) is 0.375. The standard InChI is InChI=1S/2C21H23.C6H18BNSi2.2ClH.Zr/c2*1-4-17-8-5-6-10-19(17)20-11-7-9-18-13-16(12-15(2)3)14-21(18)20;1-9(2,3)8(7)10(4,5)6;;;/h2*5-11,13-15H,4,12H2,1-3H3;1-6H3;2*1H;/q2*-1;;;;+4/p-2. The maximum absolute atomic E-state index is 5.98. The molecule has 0 aliphatic carbocycles. The van der Waals surface area contributed by atoms with Gasteiger partial charge in [0.15, 0.2) is 7.98 Å². The summed E-state index contributed by atoms with van der Waals surface area (Å²) in [6.07, 6.45) is 4.46. The van der Waals surface area contributed by atoms with E-state index in [0.29, 0.717) is 11.8 Å². The van der Waals surface area contributed by atoms with Crippen molar-refractivity contribution in [3.05, 3.63) is 131 Å². The Balaban J connectivity index is 0.000000227. The summed E-state index contributed by atoms with van der Waals surface area (Å²) >= 11 is -0.826. The van der Waals surface area contributed by atoms with Gasteiger partial charge in [-0.1, -0.05) is 153 Å². The summed E-state index contributed by atoms with van der Waals surface area (Å²) in [5.41, 5.74) is 11.3. The molecule has 0 bridgehead atoms. The fourth-order valence-corrected chi connectivity index (χ4v) is 15.5. The molecule has 0 aromatic heterocycles. The Hall–Kier alpha value is -1.98. The molecule has 0 aliphatic rings. The van der Waals surface area contributed by atoms with E-state index in [1.807, 2.05) is 0 Å². The van der Waals surface area contributed by atoms with E-state index < -0.39 is 37.3 Å². The van der Waals surface area contributed by atoms with Crippen molar-refractivity contribution in [1.29, 1.82) is 0 Å². The summed E-state index contributed by atoms with van der Waals surface area (Å²) in [6.45, 7) is 27.3. The summed E-state index contributed by atoms with van der Waals surface area (Å²) in [4.78, 5) is 0. The predicted octanol–water partition coefficient (Wildman–Crippen LogP) is 15.4. The Kier molecular flexibility index (Phi) is 19.2. The van der Waals surface area contributed by atoms with Crippen LogP contribution in [0.5, 0.6) is 0 Å². The quantitative estimate of drug-likeness (QED) is 0.0979. The zero-order valence-corrected chi connectivity index (χ0v) is 41.6. The Labute approximate surface area is 357 Å². The van der Waals surface area contributed by atoms with E-state index in [9.17, 15) is 0 Å². The molecule has 55 heavy (non-hydrogen) atoms. The minimum absolute atomic E-state index is 0.702. The van der Waals surface area contributed by atoms with Gasteiger partial charge in [-0.25, -0.2) is 0 Å². The van der Waals surface area contributed by atoms with E-state index >= 15 is 0 Å². The molecule has 0 aliphatic heterocycles. The van der Waals surface area contributed by atoms with Crippen molar-refractivity contribution in [2.24, 2.45) is 11.8 Å². The van der Waals surface area contributed by atoms with Crippen molar-refractivity contribution in [1.82, 2.24) is 4.14 Å². The van der Waals surface area contributed by atoms with Crippen LogP contribution in [0.2, 0.25) is 39.3 Å². The van der Waals surface area contributed by atoms with E-state index in [0.717, 1.165) is 25.7 Å². The van der Waals surface area contributed by atoms with E-state index in [2.05, 4.69) is 194 Å². The van der Waals surface area contributed by atoms with Gasteiger partial charge in [0.05, 0.1) is 0 Å². The number of halogens is 2. The van der Waals surface area contributed by atoms with Gasteiger partial charge in [-0.2, -0.15) is 12.1 Å². The van der Waals surface area contributed by atoms with Crippen LogP contribution in [0.25, 0.3) is 43.8 Å². The van der Waals surface area contributed by atoms with E-state index in [1.54, 1.807) is 0 Å². The topological polar surface area (TPSA) is 3.24 Å². The number of hydrogen-bond acceptors (Lipinski definition) is 1. The summed E-state index contributed by atoms with van der Waals surface area (Å²) in [5, 5.41) is 5.53. The summed E-state index contributed by atoms with van der Waals surface area (Å²) in [6, 6.07) is 40.4. The van der Waals surface area contributed by atoms with Crippen LogP contribution in [0.1, 0.15) is 63.8 Å². The molecule has 0 saturated heterocycles. The second-order valence-electron chi connectivity index (χ2n) is 17.3. The molecule has 0 N–H and O–H groups in total. The van der Waals surface area contributed by atoms with E-state index in [1.165, 1.54) is 66.1 Å². The first-order chi connectivity index (χ1) is 25.9. The SMILES string of the molecule is CCc1ccccc1-c1cccc2[cH-]c(CC(C)C)cc12.CCc1ccccc1-c1cccc2[cH-]c(CC(C)C)cc12.[B]N([Si](C)(C)C)[Si](C)(C)C.[Cl][Zr+2][Cl]. The average molecular weight is 884 g/mol. The van der Waals surface area contributed by atoms with Gasteiger partial charge in [0.25, 0.3) is 0 Å². The molecule has 0 saturated carbocycles.